The third-order valence-electron chi connectivity index (χ3n) is 5.02. The number of rotatable bonds is 4. The minimum Gasteiger partial charge on any atom is -0.314 e. The number of amides is 2. The van der Waals surface area contributed by atoms with Crippen molar-refractivity contribution in [3.05, 3.63) is 63.1 Å². The Hall–Kier alpha value is -2.42. The highest BCUT2D eigenvalue weighted by Crippen LogP contribution is 2.33. The van der Waals surface area contributed by atoms with Crippen LogP contribution in [-0.2, 0) is 6.54 Å². The summed E-state index contributed by atoms with van der Waals surface area (Å²) in [6.07, 6.45) is 2.86. The van der Waals surface area contributed by atoms with Crippen LogP contribution in [0, 0.1) is 6.92 Å². The highest BCUT2D eigenvalue weighted by Gasteiger charge is 2.34. The van der Waals surface area contributed by atoms with E-state index in [0.717, 1.165) is 30.1 Å². The second-order valence-corrected chi connectivity index (χ2v) is 8.08. The SMILES string of the molecule is Cc1nnc([C@H]2CCCN2C(=O)Nc2c(Cl)ncnc2Cl)n1Cc1ccc(Cl)cc1. The van der Waals surface area contributed by atoms with Crippen LogP contribution in [0.2, 0.25) is 15.3 Å². The quantitative estimate of drug-likeness (QED) is 0.560. The number of aryl methyl sites for hydroxylation is 1. The fourth-order valence-corrected chi connectivity index (χ4v) is 4.05. The Morgan fingerprint density at radius 1 is 1.13 bits per heavy atom. The van der Waals surface area contributed by atoms with E-state index in [4.69, 9.17) is 34.8 Å². The average Bonchev–Trinajstić information content (AvgIpc) is 3.34. The van der Waals surface area contributed by atoms with E-state index >= 15 is 0 Å². The molecule has 0 radical (unpaired) electrons. The first-order chi connectivity index (χ1) is 14.4. The van der Waals surface area contributed by atoms with Crippen LogP contribution in [-0.4, -0.2) is 42.2 Å². The van der Waals surface area contributed by atoms with Crippen LogP contribution in [0.1, 0.15) is 36.1 Å². The summed E-state index contributed by atoms with van der Waals surface area (Å²) in [5, 5.41) is 12.2. The first kappa shape index (κ1) is 20.8. The third kappa shape index (κ3) is 4.21. The van der Waals surface area contributed by atoms with Gasteiger partial charge in [-0.05, 0) is 37.5 Å². The van der Waals surface area contributed by atoms with Gasteiger partial charge in [-0.3, -0.25) is 0 Å². The lowest BCUT2D eigenvalue weighted by Crippen LogP contribution is -2.36. The molecule has 0 bridgehead atoms. The number of hydrogen-bond donors (Lipinski definition) is 1. The zero-order chi connectivity index (χ0) is 21.3. The molecule has 1 aromatic carbocycles. The van der Waals surface area contributed by atoms with E-state index in [2.05, 4.69) is 25.5 Å². The molecule has 0 unspecified atom stereocenters. The molecule has 2 aromatic heterocycles. The summed E-state index contributed by atoms with van der Waals surface area (Å²) in [5.74, 6) is 1.51. The maximum absolute atomic E-state index is 13.0. The largest absolute Gasteiger partial charge is 0.322 e. The number of hydrogen-bond acceptors (Lipinski definition) is 5. The van der Waals surface area contributed by atoms with E-state index in [-0.39, 0.29) is 28.1 Å². The number of aromatic nitrogens is 5. The number of urea groups is 1. The summed E-state index contributed by atoms with van der Waals surface area (Å²) >= 11 is 18.1. The molecule has 30 heavy (non-hydrogen) atoms. The molecular weight excluding hydrogens is 449 g/mol. The van der Waals surface area contributed by atoms with Gasteiger partial charge in [0.1, 0.15) is 17.8 Å². The number of likely N-dealkylation sites (tertiary alicyclic amines) is 1. The summed E-state index contributed by atoms with van der Waals surface area (Å²) in [6.45, 7) is 3.06. The topological polar surface area (TPSA) is 88.8 Å². The lowest BCUT2D eigenvalue weighted by atomic mass is 10.2. The van der Waals surface area contributed by atoms with Crippen LogP contribution in [0.4, 0.5) is 10.5 Å². The number of benzene rings is 1. The molecular formula is C19H18Cl3N7O. The van der Waals surface area contributed by atoms with E-state index in [1.54, 1.807) is 4.90 Å². The molecule has 1 atom stereocenters. The zero-order valence-electron chi connectivity index (χ0n) is 16.0. The molecule has 8 nitrogen and oxygen atoms in total. The Kier molecular flexibility index (Phi) is 6.08. The van der Waals surface area contributed by atoms with Crippen molar-refractivity contribution in [1.29, 1.82) is 0 Å². The molecule has 1 N–H and O–H groups in total. The molecule has 3 aromatic rings. The van der Waals surface area contributed by atoms with Gasteiger partial charge >= 0.3 is 6.03 Å². The Labute approximate surface area is 188 Å². The molecule has 4 rings (SSSR count). The van der Waals surface area contributed by atoms with Gasteiger partial charge in [0, 0.05) is 11.6 Å². The molecule has 1 aliphatic heterocycles. The number of carbonyl (C=O) groups is 1. The van der Waals surface area contributed by atoms with Crippen LogP contribution in [0.25, 0.3) is 0 Å². The van der Waals surface area contributed by atoms with Crippen LogP contribution in [0.5, 0.6) is 0 Å². The van der Waals surface area contributed by atoms with E-state index in [9.17, 15) is 4.79 Å². The molecule has 2 amide bonds. The van der Waals surface area contributed by atoms with Crippen molar-refractivity contribution in [2.75, 3.05) is 11.9 Å². The van der Waals surface area contributed by atoms with E-state index in [1.807, 2.05) is 35.8 Å². The summed E-state index contributed by atoms with van der Waals surface area (Å²) in [4.78, 5) is 22.4. The highest BCUT2D eigenvalue weighted by atomic mass is 35.5. The molecule has 0 spiro atoms. The summed E-state index contributed by atoms with van der Waals surface area (Å²) in [6, 6.07) is 7.06. The monoisotopic (exact) mass is 465 g/mol. The number of halogens is 3. The Morgan fingerprint density at radius 2 is 1.83 bits per heavy atom. The van der Waals surface area contributed by atoms with Gasteiger partial charge in [-0.25, -0.2) is 14.8 Å². The Bertz CT molecular complexity index is 1050. The second kappa shape index (κ2) is 8.75. The second-order valence-electron chi connectivity index (χ2n) is 6.93. The maximum Gasteiger partial charge on any atom is 0.322 e. The predicted molar refractivity (Wildman–Crippen MR) is 115 cm³/mol. The van der Waals surface area contributed by atoms with Crippen molar-refractivity contribution in [3.63, 3.8) is 0 Å². The van der Waals surface area contributed by atoms with Gasteiger partial charge < -0.3 is 14.8 Å². The minimum absolute atomic E-state index is 0.0841. The number of carbonyl (C=O) groups excluding carboxylic acids is 1. The molecule has 1 aliphatic rings. The molecule has 0 saturated carbocycles. The molecule has 1 saturated heterocycles. The van der Waals surface area contributed by atoms with Gasteiger partial charge in [-0.1, -0.05) is 46.9 Å². The van der Waals surface area contributed by atoms with Gasteiger partial charge in [0.15, 0.2) is 16.1 Å². The van der Waals surface area contributed by atoms with Crippen LogP contribution < -0.4 is 5.32 Å². The zero-order valence-corrected chi connectivity index (χ0v) is 18.3. The third-order valence-corrected chi connectivity index (χ3v) is 5.84. The van der Waals surface area contributed by atoms with Crippen molar-refractivity contribution in [3.8, 4) is 0 Å². The smallest absolute Gasteiger partial charge is 0.314 e. The van der Waals surface area contributed by atoms with Crippen LogP contribution >= 0.6 is 34.8 Å². The van der Waals surface area contributed by atoms with Crippen molar-refractivity contribution in [1.82, 2.24) is 29.6 Å². The first-order valence-corrected chi connectivity index (χ1v) is 10.4. The van der Waals surface area contributed by atoms with Gasteiger partial charge in [-0.15, -0.1) is 10.2 Å². The van der Waals surface area contributed by atoms with Gasteiger partial charge in [-0.2, -0.15) is 0 Å². The van der Waals surface area contributed by atoms with Crippen molar-refractivity contribution in [2.24, 2.45) is 0 Å². The van der Waals surface area contributed by atoms with Gasteiger partial charge in [0.05, 0.1) is 12.6 Å². The van der Waals surface area contributed by atoms with Gasteiger partial charge in [0.25, 0.3) is 0 Å². The summed E-state index contributed by atoms with van der Waals surface area (Å²) < 4.78 is 2.02. The molecule has 11 heteroatoms. The highest BCUT2D eigenvalue weighted by molar-refractivity contribution is 6.38. The predicted octanol–water partition coefficient (Wildman–Crippen LogP) is 4.75. The standard InChI is InChI=1S/C19H18Cl3N7O/c1-11-26-27-18(29(11)9-12-4-6-13(20)7-5-12)14-3-2-8-28(14)19(30)25-15-16(21)23-10-24-17(15)22/h4-7,10,14H,2-3,8-9H2,1H3,(H,25,30)/t14-/m1/s1. The molecule has 1 fully saturated rings. The van der Waals surface area contributed by atoms with Crippen LogP contribution in [0.15, 0.2) is 30.6 Å². The maximum atomic E-state index is 13.0. The fourth-order valence-electron chi connectivity index (χ4n) is 3.52. The van der Waals surface area contributed by atoms with Crippen molar-refractivity contribution < 1.29 is 4.79 Å². The van der Waals surface area contributed by atoms with E-state index in [0.29, 0.717) is 18.1 Å². The van der Waals surface area contributed by atoms with E-state index < -0.39 is 0 Å². The normalized spacial score (nSPS) is 16.1. The molecule has 156 valence electrons. The number of anilines is 1. The van der Waals surface area contributed by atoms with Crippen molar-refractivity contribution >= 4 is 46.5 Å². The minimum atomic E-state index is -0.338. The fraction of sp³-hybridized carbons (Fsp3) is 0.316. The first-order valence-electron chi connectivity index (χ1n) is 9.32. The Balaban J connectivity index is 1.58. The van der Waals surface area contributed by atoms with Crippen LogP contribution in [0.3, 0.4) is 0 Å². The Morgan fingerprint density at radius 3 is 2.53 bits per heavy atom. The lowest BCUT2D eigenvalue weighted by molar-refractivity contribution is 0.204. The number of nitrogens with one attached hydrogen (secondary N) is 1. The van der Waals surface area contributed by atoms with Gasteiger partial charge in [0.2, 0.25) is 0 Å². The average molecular weight is 467 g/mol. The molecule has 0 aliphatic carbocycles. The lowest BCUT2D eigenvalue weighted by Gasteiger charge is -2.25. The van der Waals surface area contributed by atoms with Crippen molar-refractivity contribution in [2.45, 2.75) is 32.4 Å². The number of nitrogens with zero attached hydrogens (tertiary/aromatic N) is 6. The molecule has 3 heterocycles. The summed E-state index contributed by atoms with van der Waals surface area (Å²) in [7, 11) is 0. The summed E-state index contributed by atoms with van der Waals surface area (Å²) in [5.41, 5.74) is 1.26. The van der Waals surface area contributed by atoms with E-state index in [1.165, 1.54) is 6.33 Å².